The molecule has 0 aliphatic rings. The van der Waals surface area contributed by atoms with E-state index in [9.17, 15) is 13.2 Å². The number of halogens is 3. The van der Waals surface area contributed by atoms with Gasteiger partial charge in [-0.05, 0) is 42.8 Å². The van der Waals surface area contributed by atoms with Crippen LogP contribution in [-0.4, -0.2) is 25.2 Å². The van der Waals surface area contributed by atoms with E-state index >= 15 is 0 Å². The summed E-state index contributed by atoms with van der Waals surface area (Å²) in [5.74, 6) is -0.585. The van der Waals surface area contributed by atoms with Gasteiger partial charge in [-0.2, -0.15) is 4.31 Å². The Balaban J connectivity index is 1.92. The lowest BCUT2D eigenvalue weighted by atomic mass is 10.2. The van der Waals surface area contributed by atoms with Crippen molar-refractivity contribution < 1.29 is 13.2 Å². The molecule has 162 valence electrons. The number of hydrogen-bond donors (Lipinski definition) is 1. The maximum absolute atomic E-state index is 13.3. The third-order valence-corrected chi connectivity index (χ3v) is 7.32. The molecule has 31 heavy (non-hydrogen) atoms. The van der Waals surface area contributed by atoms with Gasteiger partial charge in [-0.25, -0.2) is 8.42 Å². The van der Waals surface area contributed by atoms with Gasteiger partial charge in [-0.3, -0.25) is 4.79 Å². The quantitative estimate of drug-likeness (QED) is 0.449. The van der Waals surface area contributed by atoms with Crippen LogP contribution in [0.3, 0.4) is 0 Å². The van der Waals surface area contributed by atoms with Crippen LogP contribution in [0.4, 0.5) is 5.69 Å². The first-order chi connectivity index (χ1) is 14.7. The first-order valence-corrected chi connectivity index (χ1v) is 11.8. The molecular formula is C22H19Cl3N2O3S. The molecule has 0 aliphatic carbocycles. The Morgan fingerprint density at radius 1 is 0.871 bits per heavy atom. The Kier molecular flexibility index (Phi) is 7.62. The van der Waals surface area contributed by atoms with Crippen LogP contribution in [0.1, 0.15) is 11.1 Å². The molecule has 0 saturated carbocycles. The molecule has 0 spiro atoms. The number of amides is 1. The zero-order valence-electron chi connectivity index (χ0n) is 16.5. The monoisotopic (exact) mass is 496 g/mol. The normalized spacial score (nSPS) is 11.5. The molecule has 0 atom stereocenters. The standard InChI is InChI=1S/C22H19Cl3N2O3S/c1-15-9-11-17(12-10-15)31(29,30)27(13-16-5-2-3-6-18(16)23)14-21(28)26-22-19(24)7-4-8-20(22)25/h2-12H,13-14H2,1H3,(H,26,28). The van der Waals surface area contributed by atoms with Crippen molar-refractivity contribution in [2.24, 2.45) is 0 Å². The minimum atomic E-state index is -3.99. The van der Waals surface area contributed by atoms with E-state index in [-0.39, 0.29) is 27.2 Å². The summed E-state index contributed by atoms with van der Waals surface area (Å²) >= 11 is 18.5. The number of carbonyl (C=O) groups is 1. The average molecular weight is 498 g/mol. The molecule has 0 unspecified atom stereocenters. The molecule has 1 amide bonds. The number of aryl methyl sites for hydroxylation is 1. The Hall–Kier alpha value is -2.09. The van der Waals surface area contributed by atoms with E-state index in [1.807, 2.05) is 6.92 Å². The molecule has 9 heteroatoms. The SMILES string of the molecule is Cc1ccc(S(=O)(=O)N(CC(=O)Nc2c(Cl)cccc2Cl)Cc2ccccc2Cl)cc1. The first kappa shape index (κ1) is 23.6. The minimum absolute atomic E-state index is 0.0775. The minimum Gasteiger partial charge on any atom is -0.322 e. The van der Waals surface area contributed by atoms with Crippen LogP contribution in [0, 0.1) is 6.92 Å². The number of nitrogens with one attached hydrogen (secondary N) is 1. The molecule has 0 fully saturated rings. The van der Waals surface area contributed by atoms with E-state index in [1.165, 1.54) is 12.1 Å². The van der Waals surface area contributed by atoms with Crippen molar-refractivity contribution >= 4 is 56.4 Å². The summed E-state index contributed by atoms with van der Waals surface area (Å²) in [6.07, 6.45) is 0. The number of rotatable bonds is 7. The number of hydrogen-bond acceptors (Lipinski definition) is 3. The Morgan fingerprint density at radius 2 is 1.45 bits per heavy atom. The van der Waals surface area contributed by atoms with Crippen LogP contribution in [0.5, 0.6) is 0 Å². The van der Waals surface area contributed by atoms with E-state index in [1.54, 1.807) is 54.6 Å². The van der Waals surface area contributed by atoms with Gasteiger partial charge in [0.1, 0.15) is 0 Å². The number of para-hydroxylation sites is 1. The smallest absolute Gasteiger partial charge is 0.243 e. The number of sulfonamides is 1. The molecule has 0 aliphatic heterocycles. The van der Waals surface area contributed by atoms with E-state index in [0.717, 1.165) is 9.87 Å². The molecule has 3 aromatic rings. The number of anilines is 1. The lowest BCUT2D eigenvalue weighted by Crippen LogP contribution is -2.37. The van der Waals surface area contributed by atoms with Crippen LogP contribution < -0.4 is 5.32 Å². The second-order valence-electron chi connectivity index (χ2n) is 6.82. The molecule has 3 rings (SSSR count). The van der Waals surface area contributed by atoms with Crippen molar-refractivity contribution in [1.29, 1.82) is 0 Å². The van der Waals surface area contributed by atoms with Gasteiger partial charge in [0.25, 0.3) is 0 Å². The number of nitrogens with zero attached hydrogens (tertiary/aromatic N) is 1. The van der Waals surface area contributed by atoms with Crippen molar-refractivity contribution in [3.8, 4) is 0 Å². The Labute approximate surface area is 196 Å². The lowest BCUT2D eigenvalue weighted by Gasteiger charge is -2.23. The fourth-order valence-electron chi connectivity index (χ4n) is 2.86. The van der Waals surface area contributed by atoms with Gasteiger partial charge in [-0.15, -0.1) is 0 Å². The summed E-state index contributed by atoms with van der Waals surface area (Å²) in [5.41, 5.74) is 1.72. The highest BCUT2D eigenvalue weighted by Crippen LogP contribution is 2.30. The average Bonchev–Trinajstić information content (AvgIpc) is 2.72. The molecule has 0 saturated heterocycles. The van der Waals surface area contributed by atoms with Gasteiger partial charge < -0.3 is 5.32 Å². The fraction of sp³-hybridized carbons (Fsp3) is 0.136. The molecule has 0 radical (unpaired) electrons. The van der Waals surface area contributed by atoms with Gasteiger partial charge >= 0.3 is 0 Å². The van der Waals surface area contributed by atoms with Crippen molar-refractivity contribution in [2.45, 2.75) is 18.4 Å². The molecule has 0 aromatic heterocycles. The molecule has 5 nitrogen and oxygen atoms in total. The summed E-state index contributed by atoms with van der Waals surface area (Å²) in [6, 6.07) is 18.1. The van der Waals surface area contributed by atoms with Crippen molar-refractivity contribution in [3.05, 3.63) is 92.9 Å². The highest BCUT2D eigenvalue weighted by molar-refractivity contribution is 7.89. The summed E-state index contributed by atoms with van der Waals surface area (Å²) in [4.78, 5) is 12.8. The van der Waals surface area contributed by atoms with Gasteiger partial charge in [0.2, 0.25) is 15.9 Å². The Bertz CT molecular complexity index is 1180. The third-order valence-electron chi connectivity index (χ3n) is 4.51. The third kappa shape index (κ3) is 5.79. The van der Waals surface area contributed by atoms with E-state index in [2.05, 4.69) is 5.32 Å². The summed E-state index contributed by atoms with van der Waals surface area (Å²) < 4.78 is 27.7. The molecule has 1 N–H and O–H groups in total. The van der Waals surface area contributed by atoms with Gasteiger partial charge in [0.15, 0.2) is 0 Å². The summed E-state index contributed by atoms with van der Waals surface area (Å²) in [7, 11) is -3.99. The van der Waals surface area contributed by atoms with Crippen LogP contribution in [0.15, 0.2) is 71.6 Å². The summed E-state index contributed by atoms with van der Waals surface area (Å²) in [5, 5.41) is 3.50. The largest absolute Gasteiger partial charge is 0.322 e. The first-order valence-electron chi connectivity index (χ1n) is 9.22. The zero-order valence-corrected chi connectivity index (χ0v) is 19.6. The number of carbonyl (C=O) groups excluding carboxylic acids is 1. The fourth-order valence-corrected chi connectivity index (χ4v) is 4.92. The van der Waals surface area contributed by atoms with Crippen LogP contribution >= 0.6 is 34.8 Å². The van der Waals surface area contributed by atoms with Gasteiger partial charge in [0, 0.05) is 11.6 Å². The molecule has 0 bridgehead atoms. The summed E-state index contributed by atoms with van der Waals surface area (Å²) in [6.45, 7) is 1.32. The molecule has 0 heterocycles. The predicted octanol–water partition coefficient (Wildman–Crippen LogP) is 5.78. The van der Waals surface area contributed by atoms with Crippen molar-refractivity contribution in [1.82, 2.24) is 4.31 Å². The van der Waals surface area contributed by atoms with Crippen LogP contribution in [-0.2, 0) is 21.4 Å². The predicted molar refractivity (Wildman–Crippen MR) is 125 cm³/mol. The second-order valence-corrected chi connectivity index (χ2v) is 9.98. The van der Waals surface area contributed by atoms with Crippen LogP contribution in [0.2, 0.25) is 15.1 Å². The zero-order chi connectivity index (χ0) is 22.6. The maximum atomic E-state index is 13.3. The van der Waals surface area contributed by atoms with Gasteiger partial charge in [-0.1, -0.05) is 76.8 Å². The Morgan fingerprint density at radius 3 is 2.06 bits per heavy atom. The second kappa shape index (κ2) is 10.0. The topological polar surface area (TPSA) is 66.5 Å². The molecular weight excluding hydrogens is 479 g/mol. The highest BCUT2D eigenvalue weighted by Gasteiger charge is 2.28. The van der Waals surface area contributed by atoms with E-state index in [0.29, 0.717) is 10.6 Å². The maximum Gasteiger partial charge on any atom is 0.243 e. The molecule has 3 aromatic carbocycles. The van der Waals surface area contributed by atoms with E-state index in [4.69, 9.17) is 34.8 Å². The van der Waals surface area contributed by atoms with Gasteiger partial charge in [0.05, 0.1) is 27.2 Å². The lowest BCUT2D eigenvalue weighted by molar-refractivity contribution is -0.116. The van der Waals surface area contributed by atoms with Crippen molar-refractivity contribution in [2.75, 3.05) is 11.9 Å². The number of benzene rings is 3. The van der Waals surface area contributed by atoms with Crippen LogP contribution in [0.25, 0.3) is 0 Å². The highest BCUT2D eigenvalue weighted by atomic mass is 35.5. The van der Waals surface area contributed by atoms with E-state index < -0.39 is 22.5 Å². The van der Waals surface area contributed by atoms with Crippen molar-refractivity contribution in [3.63, 3.8) is 0 Å².